The smallest absolute Gasteiger partial charge is 0.303 e. The van der Waals surface area contributed by atoms with Gasteiger partial charge in [-0.25, -0.2) is 4.98 Å². The van der Waals surface area contributed by atoms with E-state index in [4.69, 9.17) is 10.4 Å². The summed E-state index contributed by atoms with van der Waals surface area (Å²) in [7, 11) is 0. The number of pyridine rings is 1. The lowest BCUT2D eigenvalue weighted by Gasteiger charge is -2.25. The molecule has 1 aromatic rings. The number of carboxylic acid groups (broad SMARTS) is 1. The fourth-order valence-corrected chi connectivity index (χ4v) is 1.66. The zero-order valence-electron chi connectivity index (χ0n) is 11.7. The Balaban J connectivity index is 2.78. The molecule has 0 atom stereocenters. The maximum absolute atomic E-state index is 12.1. The van der Waals surface area contributed by atoms with E-state index in [1.165, 1.54) is 6.07 Å². The Labute approximate surface area is 117 Å². The zero-order chi connectivity index (χ0) is 15.3. The molecule has 0 bridgehead atoms. The molecule has 106 valence electrons. The number of carbonyl (C=O) groups excluding carboxylic acids is 1. The molecule has 2 N–H and O–H groups in total. The van der Waals surface area contributed by atoms with Crippen LogP contribution >= 0.6 is 0 Å². The molecule has 0 aliphatic rings. The van der Waals surface area contributed by atoms with Gasteiger partial charge in [-0.05, 0) is 39.3 Å². The monoisotopic (exact) mass is 275 g/mol. The van der Waals surface area contributed by atoms with Gasteiger partial charge >= 0.3 is 5.97 Å². The third-order valence-electron chi connectivity index (χ3n) is 2.85. The van der Waals surface area contributed by atoms with Gasteiger partial charge < -0.3 is 10.4 Å². The van der Waals surface area contributed by atoms with Crippen LogP contribution in [0.5, 0.6) is 0 Å². The van der Waals surface area contributed by atoms with E-state index in [0.717, 1.165) is 0 Å². The van der Waals surface area contributed by atoms with Gasteiger partial charge in [0.05, 0.1) is 11.3 Å². The first-order valence-electron chi connectivity index (χ1n) is 6.17. The van der Waals surface area contributed by atoms with Crippen molar-refractivity contribution < 1.29 is 14.7 Å². The molecule has 0 unspecified atom stereocenters. The second kappa shape index (κ2) is 6.15. The minimum atomic E-state index is -0.903. The van der Waals surface area contributed by atoms with Gasteiger partial charge in [-0.15, -0.1) is 0 Å². The normalized spacial score (nSPS) is 10.7. The summed E-state index contributed by atoms with van der Waals surface area (Å²) in [6.45, 7) is 5.17. The topological polar surface area (TPSA) is 103 Å². The van der Waals surface area contributed by atoms with Gasteiger partial charge in [0.1, 0.15) is 11.8 Å². The lowest BCUT2D eigenvalue weighted by Crippen LogP contribution is -2.44. The number of nitriles is 1. The maximum Gasteiger partial charge on any atom is 0.303 e. The molecule has 0 aromatic carbocycles. The fraction of sp³-hybridized carbons (Fsp3) is 0.429. The first-order chi connectivity index (χ1) is 9.25. The highest BCUT2D eigenvalue weighted by molar-refractivity contribution is 5.92. The van der Waals surface area contributed by atoms with Gasteiger partial charge in [0.15, 0.2) is 0 Å². The largest absolute Gasteiger partial charge is 0.481 e. The Morgan fingerprint density at radius 2 is 2.10 bits per heavy atom. The van der Waals surface area contributed by atoms with Crippen molar-refractivity contribution in [2.45, 2.75) is 39.2 Å². The molecule has 0 aliphatic carbocycles. The molecule has 0 fully saturated rings. The van der Waals surface area contributed by atoms with Gasteiger partial charge in [-0.1, -0.05) is 0 Å². The third-order valence-corrected chi connectivity index (χ3v) is 2.85. The molecule has 0 aliphatic heterocycles. The molecule has 0 radical (unpaired) electrons. The van der Waals surface area contributed by atoms with Crippen LogP contribution in [0.15, 0.2) is 12.1 Å². The molecule has 1 heterocycles. The number of rotatable bonds is 5. The van der Waals surface area contributed by atoms with Crippen molar-refractivity contribution in [3.05, 3.63) is 29.1 Å². The van der Waals surface area contributed by atoms with Gasteiger partial charge in [-0.3, -0.25) is 9.59 Å². The van der Waals surface area contributed by atoms with Gasteiger partial charge in [0.2, 0.25) is 0 Å². The van der Waals surface area contributed by atoms with Crippen molar-refractivity contribution in [2.75, 3.05) is 0 Å². The average molecular weight is 275 g/mol. The SMILES string of the molecule is Cc1nc(C(=O)NC(C)(C)CCC(=O)O)ccc1C#N. The van der Waals surface area contributed by atoms with Crippen molar-refractivity contribution in [3.63, 3.8) is 0 Å². The van der Waals surface area contributed by atoms with E-state index in [-0.39, 0.29) is 18.0 Å². The van der Waals surface area contributed by atoms with Crippen LogP contribution in [-0.4, -0.2) is 27.5 Å². The number of aromatic nitrogens is 1. The van der Waals surface area contributed by atoms with E-state index in [0.29, 0.717) is 17.7 Å². The molecule has 0 saturated heterocycles. The highest BCUT2D eigenvalue weighted by Gasteiger charge is 2.23. The Morgan fingerprint density at radius 1 is 1.45 bits per heavy atom. The van der Waals surface area contributed by atoms with Crippen molar-refractivity contribution in [1.29, 1.82) is 5.26 Å². The molecular formula is C14H17N3O3. The van der Waals surface area contributed by atoms with Gasteiger partial charge in [0.25, 0.3) is 5.91 Å². The zero-order valence-corrected chi connectivity index (χ0v) is 11.7. The number of hydrogen-bond donors (Lipinski definition) is 2. The minimum absolute atomic E-state index is 0.0207. The minimum Gasteiger partial charge on any atom is -0.481 e. The summed E-state index contributed by atoms with van der Waals surface area (Å²) >= 11 is 0. The van der Waals surface area contributed by atoms with Crippen LogP contribution in [0.3, 0.4) is 0 Å². The highest BCUT2D eigenvalue weighted by Crippen LogP contribution is 2.13. The molecule has 6 heteroatoms. The predicted molar refractivity (Wildman–Crippen MR) is 72.1 cm³/mol. The molecule has 0 saturated carbocycles. The molecule has 1 aromatic heterocycles. The van der Waals surface area contributed by atoms with E-state index in [9.17, 15) is 9.59 Å². The van der Waals surface area contributed by atoms with Crippen molar-refractivity contribution >= 4 is 11.9 Å². The average Bonchev–Trinajstić information content (AvgIpc) is 2.36. The Hall–Kier alpha value is -2.42. The lowest BCUT2D eigenvalue weighted by atomic mass is 9.98. The number of aliphatic carboxylic acids is 1. The predicted octanol–water partition coefficient (Wildman–Crippen LogP) is 1.63. The fourth-order valence-electron chi connectivity index (χ4n) is 1.66. The summed E-state index contributed by atoms with van der Waals surface area (Å²) in [6, 6.07) is 5.01. The van der Waals surface area contributed by atoms with E-state index >= 15 is 0 Å². The van der Waals surface area contributed by atoms with Crippen molar-refractivity contribution in [1.82, 2.24) is 10.3 Å². The van der Waals surface area contributed by atoms with E-state index in [2.05, 4.69) is 10.3 Å². The van der Waals surface area contributed by atoms with E-state index < -0.39 is 11.5 Å². The standard InChI is InChI=1S/C14H17N3O3/c1-9-10(8-15)4-5-11(16-9)13(20)17-14(2,3)7-6-12(18)19/h4-5H,6-7H2,1-3H3,(H,17,20)(H,18,19). The Morgan fingerprint density at radius 3 is 2.60 bits per heavy atom. The molecule has 1 amide bonds. The molecule has 20 heavy (non-hydrogen) atoms. The first kappa shape index (κ1) is 15.6. The maximum atomic E-state index is 12.1. The lowest BCUT2D eigenvalue weighted by molar-refractivity contribution is -0.137. The first-order valence-corrected chi connectivity index (χ1v) is 6.17. The summed E-state index contributed by atoms with van der Waals surface area (Å²) < 4.78 is 0. The molecule has 0 spiro atoms. The summed E-state index contributed by atoms with van der Waals surface area (Å²) in [5, 5.41) is 20.2. The van der Waals surface area contributed by atoms with Crippen LogP contribution in [0.1, 0.15) is 48.4 Å². The number of hydrogen-bond acceptors (Lipinski definition) is 4. The molecule has 1 rings (SSSR count). The van der Waals surface area contributed by atoms with Crippen LogP contribution in [-0.2, 0) is 4.79 Å². The van der Waals surface area contributed by atoms with Crippen LogP contribution in [0.25, 0.3) is 0 Å². The van der Waals surface area contributed by atoms with Gasteiger partial charge in [0, 0.05) is 12.0 Å². The second-order valence-electron chi connectivity index (χ2n) is 5.17. The number of amides is 1. The van der Waals surface area contributed by atoms with Crippen LogP contribution < -0.4 is 5.32 Å². The van der Waals surface area contributed by atoms with Crippen LogP contribution in [0.2, 0.25) is 0 Å². The van der Waals surface area contributed by atoms with Gasteiger partial charge in [-0.2, -0.15) is 5.26 Å². The Kier molecular flexibility index (Phi) is 4.81. The molecular weight excluding hydrogens is 258 g/mol. The van der Waals surface area contributed by atoms with E-state index in [1.54, 1.807) is 26.8 Å². The second-order valence-corrected chi connectivity index (χ2v) is 5.17. The number of nitrogens with zero attached hydrogens (tertiary/aromatic N) is 2. The number of aryl methyl sites for hydroxylation is 1. The Bertz CT molecular complexity index is 574. The number of nitrogens with one attached hydrogen (secondary N) is 1. The van der Waals surface area contributed by atoms with Crippen LogP contribution in [0.4, 0.5) is 0 Å². The highest BCUT2D eigenvalue weighted by atomic mass is 16.4. The summed E-state index contributed by atoms with van der Waals surface area (Å²) in [4.78, 5) is 26.7. The van der Waals surface area contributed by atoms with E-state index in [1.807, 2.05) is 6.07 Å². The van der Waals surface area contributed by atoms with Crippen molar-refractivity contribution in [3.8, 4) is 6.07 Å². The summed E-state index contributed by atoms with van der Waals surface area (Å²) in [5.74, 6) is -1.28. The molecule has 6 nitrogen and oxygen atoms in total. The van der Waals surface area contributed by atoms with Crippen molar-refractivity contribution in [2.24, 2.45) is 0 Å². The number of carbonyl (C=O) groups is 2. The summed E-state index contributed by atoms with van der Waals surface area (Å²) in [6.07, 6.45) is 0.302. The van der Waals surface area contributed by atoms with Crippen LogP contribution in [0, 0.1) is 18.3 Å². The number of carboxylic acids is 1. The summed E-state index contributed by atoms with van der Waals surface area (Å²) in [5.41, 5.74) is 0.485. The third kappa shape index (κ3) is 4.35. The quantitative estimate of drug-likeness (QED) is 0.850.